The molecule has 0 aliphatic rings. The number of benzene rings is 1. The summed E-state index contributed by atoms with van der Waals surface area (Å²) in [5.41, 5.74) is 1.89. The number of nitrogens with zero attached hydrogens (tertiary/aromatic N) is 1. The van der Waals surface area contributed by atoms with E-state index in [1.54, 1.807) is 12.1 Å². The van der Waals surface area contributed by atoms with Gasteiger partial charge in [0.15, 0.2) is 5.58 Å². The van der Waals surface area contributed by atoms with Crippen LogP contribution in [-0.2, 0) is 0 Å². The highest BCUT2D eigenvalue weighted by molar-refractivity contribution is 6.57. The Labute approximate surface area is 99.2 Å². The number of nitriles is 1. The number of furan rings is 1. The van der Waals surface area contributed by atoms with Crippen molar-refractivity contribution in [1.82, 2.24) is 0 Å². The van der Waals surface area contributed by atoms with E-state index in [0.717, 1.165) is 10.9 Å². The van der Waals surface area contributed by atoms with Crippen LogP contribution in [0, 0.1) is 11.3 Å². The molecule has 0 saturated carbocycles. The summed E-state index contributed by atoms with van der Waals surface area (Å²) in [6.45, 7) is 4.06. The van der Waals surface area contributed by atoms with E-state index in [2.05, 4.69) is 6.07 Å². The largest absolute Gasteiger partial charge is 0.526 e. The molecule has 0 radical (unpaired) electrons. The summed E-state index contributed by atoms with van der Waals surface area (Å²) in [5, 5.41) is 27.9. The molecule has 0 amide bonds. The fourth-order valence-corrected chi connectivity index (χ4v) is 1.74. The van der Waals surface area contributed by atoms with Gasteiger partial charge in [-0.15, -0.1) is 0 Å². The fourth-order valence-electron chi connectivity index (χ4n) is 1.74. The van der Waals surface area contributed by atoms with E-state index in [1.165, 1.54) is 0 Å². The topological polar surface area (TPSA) is 77.4 Å². The molecule has 1 aromatic carbocycles. The van der Waals surface area contributed by atoms with Gasteiger partial charge in [-0.1, -0.05) is 13.8 Å². The first-order valence-electron chi connectivity index (χ1n) is 5.36. The van der Waals surface area contributed by atoms with Gasteiger partial charge in [0.2, 0.25) is 0 Å². The van der Waals surface area contributed by atoms with Gasteiger partial charge in [0.05, 0.1) is 5.56 Å². The molecule has 0 atom stereocenters. The lowest BCUT2D eigenvalue weighted by molar-refractivity contribution is 0.412. The number of fused-ring (bicyclic) bond motifs is 1. The van der Waals surface area contributed by atoms with Crippen LogP contribution in [0.1, 0.15) is 30.9 Å². The van der Waals surface area contributed by atoms with E-state index in [-0.39, 0.29) is 5.66 Å². The summed E-state index contributed by atoms with van der Waals surface area (Å²) in [5.74, 6) is 0.295. The summed E-state index contributed by atoms with van der Waals surface area (Å²) < 4.78 is 5.26. The van der Waals surface area contributed by atoms with Gasteiger partial charge in [0.25, 0.3) is 0 Å². The first kappa shape index (κ1) is 11.7. The molecular formula is C12H12BNO3. The highest BCUT2D eigenvalue weighted by Gasteiger charge is 2.19. The Hall–Kier alpha value is -1.77. The highest BCUT2D eigenvalue weighted by Crippen LogP contribution is 2.25. The molecule has 0 spiro atoms. The lowest BCUT2D eigenvalue weighted by Gasteiger charge is -2.05. The molecule has 17 heavy (non-hydrogen) atoms. The molecule has 0 unspecified atom stereocenters. The maximum atomic E-state index is 9.05. The molecule has 0 saturated heterocycles. The minimum absolute atomic E-state index is 0.0532. The van der Waals surface area contributed by atoms with Crippen LogP contribution in [0.4, 0.5) is 0 Å². The molecule has 1 heterocycles. The molecule has 0 aliphatic carbocycles. The maximum absolute atomic E-state index is 9.05. The van der Waals surface area contributed by atoms with Crippen LogP contribution in [-0.4, -0.2) is 17.2 Å². The van der Waals surface area contributed by atoms with Gasteiger partial charge >= 0.3 is 7.12 Å². The van der Waals surface area contributed by atoms with Crippen LogP contribution in [0.15, 0.2) is 22.6 Å². The van der Waals surface area contributed by atoms with Gasteiger partial charge in [-0.25, -0.2) is 0 Å². The number of hydrogen-bond donors (Lipinski definition) is 2. The molecule has 1 aromatic heterocycles. The Balaban J connectivity index is 2.71. The van der Waals surface area contributed by atoms with E-state index in [0.29, 0.717) is 17.1 Å². The normalized spacial score (nSPS) is 10.8. The molecular weight excluding hydrogens is 217 g/mol. The van der Waals surface area contributed by atoms with E-state index >= 15 is 0 Å². The predicted molar refractivity (Wildman–Crippen MR) is 64.8 cm³/mol. The Bertz CT molecular complexity index is 596. The average Bonchev–Trinajstić information content (AvgIpc) is 2.71. The van der Waals surface area contributed by atoms with E-state index in [4.69, 9.17) is 19.7 Å². The minimum Gasteiger partial charge on any atom is -0.463 e. The molecule has 86 valence electrons. The zero-order chi connectivity index (χ0) is 12.6. The molecule has 4 nitrogen and oxygen atoms in total. The third-order valence-electron chi connectivity index (χ3n) is 2.70. The van der Waals surface area contributed by atoms with Crippen molar-refractivity contribution in [3.63, 3.8) is 0 Å². The fraction of sp³-hybridized carbons (Fsp3) is 0.250. The van der Waals surface area contributed by atoms with E-state index in [1.807, 2.05) is 19.9 Å². The molecule has 5 heteroatoms. The maximum Gasteiger partial charge on any atom is 0.526 e. The summed E-state index contributed by atoms with van der Waals surface area (Å²) in [7, 11) is -1.66. The third kappa shape index (κ3) is 2.05. The van der Waals surface area contributed by atoms with Gasteiger partial charge in [0, 0.05) is 5.39 Å². The zero-order valence-corrected chi connectivity index (χ0v) is 9.64. The monoisotopic (exact) mass is 229 g/mol. The van der Waals surface area contributed by atoms with Crippen LogP contribution >= 0.6 is 0 Å². The molecule has 2 aromatic rings. The predicted octanol–water partition coefficient (Wildman–Crippen LogP) is 1.11. The summed E-state index contributed by atoms with van der Waals surface area (Å²) in [6, 6.07) is 7.28. The Kier molecular flexibility index (Phi) is 2.92. The zero-order valence-electron chi connectivity index (χ0n) is 9.64. The van der Waals surface area contributed by atoms with Crippen molar-refractivity contribution in [3.8, 4) is 6.07 Å². The highest BCUT2D eigenvalue weighted by atomic mass is 16.4. The Morgan fingerprint density at radius 2 is 2.00 bits per heavy atom. The van der Waals surface area contributed by atoms with Crippen molar-refractivity contribution in [2.45, 2.75) is 19.8 Å². The van der Waals surface area contributed by atoms with Crippen molar-refractivity contribution in [1.29, 1.82) is 5.26 Å². The van der Waals surface area contributed by atoms with Crippen LogP contribution in [0.3, 0.4) is 0 Å². The van der Waals surface area contributed by atoms with Crippen molar-refractivity contribution in [2.24, 2.45) is 0 Å². The second-order valence-corrected chi connectivity index (χ2v) is 4.28. The Morgan fingerprint density at radius 1 is 1.29 bits per heavy atom. The van der Waals surface area contributed by atoms with Crippen molar-refractivity contribution in [3.05, 3.63) is 29.3 Å². The quantitative estimate of drug-likeness (QED) is 0.756. The second kappa shape index (κ2) is 4.25. The molecule has 0 fully saturated rings. The smallest absolute Gasteiger partial charge is 0.463 e. The first-order valence-corrected chi connectivity index (χ1v) is 5.36. The number of hydrogen-bond acceptors (Lipinski definition) is 4. The molecule has 0 aliphatic heterocycles. The van der Waals surface area contributed by atoms with Crippen LogP contribution in [0.25, 0.3) is 11.0 Å². The van der Waals surface area contributed by atoms with Crippen molar-refractivity contribution < 1.29 is 14.5 Å². The summed E-state index contributed by atoms with van der Waals surface area (Å²) in [6.07, 6.45) is 0. The SMILES string of the molecule is CC(C)c1cc(C#N)c2oc(B(O)O)cc2c1. The number of rotatable bonds is 2. The summed E-state index contributed by atoms with van der Waals surface area (Å²) in [4.78, 5) is 0. The Morgan fingerprint density at radius 3 is 2.53 bits per heavy atom. The standard InChI is InChI=1S/C12H12BNO3/c1-7(2)8-3-9-5-11(13(15)16)17-12(9)10(4-8)6-14/h3-5,7,15-16H,1-2H3. The minimum atomic E-state index is -1.66. The molecule has 2 N–H and O–H groups in total. The van der Waals surface area contributed by atoms with Crippen LogP contribution in [0.2, 0.25) is 0 Å². The average molecular weight is 229 g/mol. The molecule has 0 bridgehead atoms. The second-order valence-electron chi connectivity index (χ2n) is 4.28. The van der Waals surface area contributed by atoms with Gasteiger partial charge in [0.1, 0.15) is 11.7 Å². The van der Waals surface area contributed by atoms with Gasteiger partial charge in [-0.3, -0.25) is 0 Å². The van der Waals surface area contributed by atoms with Crippen molar-refractivity contribution >= 4 is 23.7 Å². The van der Waals surface area contributed by atoms with Gasteiger partial charge in [-0.2, -0.15) is 5.26 Å². The van der Waals surface area contributed by atoms with Gasteiger partial charge < -0.3 is 14.5 Å². The van der Waals surface area contributed by atoms with Gasteiger partial charge in [-0.05, 0) is 29.7 Å². The van der Waals surface area contributed by atoms with E-state index in [9.17, 15) is 0 Å². The lowest BCUT2D eigenvalue weighted by atomic mass is 9.87. The van der Waals surface area contributed by atoms with Crippen LogP contribution < -0.4 is 5.66 Å². The molecule has 2 rings (SSSR count). The van der Waals surface area contributed by atoms with Crippen molar-refractivity contribution in [2.75, 3.05) is 0 Å². The van der Waals surface area contributed by atoms with E-state index < -0.39 is 7.12 Å². The van der Waals surface area contributed by atoms with Crippen LogP contribution in [0.5, 0.6) is 0 Å². The third-order valence-corrected chi connectivity index (χ3v) is 2.70. The lowest BCUT2D eigenvalue weighted by Crippen LogP contribution is -2.27. The first-order chi connectivity index (χ1) is 8.02. The summed E-state index contributed by atoms with van der Waals surface area (Å²) >= 11 is 0.